The zero-order chi connectivity index (χ0) is 24.0. The minimum atomic E-state index is -0.0868. The van der Waals surface area contributed by atoms with Crippen LogP contribution in [-0.4, -0.2) is 40.6 Å². The van der Waals surface area contributed by atoms with Gasteiger partial charge in [0.05, 0.1) is 53.9 Å². The third-order valence-corrected chi connectivity index (χ3v) is 5.36. The predicted molar refractivity (Wildman–Crippen MR) is 131 cm³/mol. The van der Waals surface area contributed by atoms with E-state index in [9.17, 15) is 0 Å². The fourth-order valence-corrected chi connectivity index (χ4v) is 3.41. The molecule has 0 saturated heterocycles. The summed E-state index contributed by atoms with van der Waals surface area (Å²) in [6.45, 7) is 2.57. The highest BCUT2D eigenvalue weighted by Crippen LogP contribution is 2.27. The lowest BCUT2D eigenvalue weighted by atomic mass is 10.2. The van der Waals surface area contributed by atoms with Crippen molar-refractivity contribution >= 4 is 0 Å². The maximum atomic E-state index is 6.16. The molecular formula is C28H34O6. The summed E-state index contributed by atoms with van der Waals surface area (Å²) in [5.74, 6) is 2.22. The van der Waals surface area contributed by atoms with Gasteiger partial charge in [-0.25, -0.2) is 0 Å². The molecule has 0 radical (unpaired) electrons. The van der Waals surface area contributed by atoms with E-state index < -0.39 is 0 Å². The van der Waals surface area contributed by atoms with Crippen LogP contribution in [0.25, 0.3) is 0 Å². The van der Waals surface area contributed by atoms with Crippen molar-refractivity contribution in [1.82, 2.24) is 0 Å². The largest absolute Gasteiger partial charge is 0.497 e. The minimum Gasteiger partial charge on any atom is -0.497 e. The first kappa shape index (κ1) is 25.6. The van der Waals surface area contributed by atoms with Crippen LogP contribution < -0.4 is 14.2 Å². The van der Waals surface area contributed by atoms with E-state index in [2.05, 4.69) is 12.1 Å². The van der Waals surface area contributed by atoms with E-state index in [1.807, 2.05) is 60.7 Å². The summed E-state index contributed by atoms with van der Waals surface area (Å²) in [7, 11) is 4.91. The smallest absolute Gasteiger partial charge is 0.161 e. The first-order valence-electron chi connectivity index (χ1n) is 11.4. The predicted octanol–water partition coefficient (Wildman–Crippen LogP) is 5.42. The lowest BCUT2D eigenvalue weighted by Gasteiger charge is -2.19. The molecule has 0 aromatic heterocycles. The third kappa shape index (κ3) is 8.37. The highest BCUT2D eigenvalue weighted by Gasteiger charge is 2.12. The molecule has 0 amide bonds. The second-order valence-electron chi connectivity index (χ2n) is 7.81. The second kappa shape index (κ2) is 14.3. The SMILES string of the molecule is COc1ccc(COCC[C@@H](COCc2ccc(OC)c(OC)c2)OCc2ccccc2)cc1. The van der Waals surface area contributed by atoms with Gasteiger partial charge in [0.2, 0.25) is 0 Å². The Kier molecular flexibility index (Phi) is 10.7. The van der Waals surface area contributed by atoms with Crippen LogP contribution in [0.5, 0.6) is 17.2 Å². The summed E-state index contributed by atoms with van der Waals surface area (Å²) < 4.78 is 33.9. The molecule has 1 atom stereocenters. The number of hydrogen-bond donors (Lipinski definition) is 0. The second-order valence-corrected chi connectivity index (χ2v) is 7.81. The Hall–Kier alpha value is -3.06. The standard InChI is InChI=1S/C28H34O6/c1-29-25-12-9-23(10-13-25)18-32-16-15-26(34-20-22-7-5-4-6-8-22)21-33-19-24-11-14-27(30-2)28(17-24)31-3/h4-14,17,26H,15-16,18-21H2,1-3H3/t26-/m0/s1. The van der Waals surface area contributed by atoms with E-state index in [0.717, 1.165) is 28.9 Å². The molecule has 182 valence electrons. The van der Waals surface area contributed by atoms with E-state index >= 15 is 0 Å². The molecule has 3 aromatic carbocycles. The van der Waals surface area contributed by atoms with Crippen molar-refractivity contribution in [3.8, 4) is 17.2 Å². The Morgan fingerprint density at radius 1 is 0.618 bits per heavy atom. The summed E-state index contributed by atoms with van der Waals surface area (Å²) in [5.41, 5.74) is 3.24. The summed E-state index contributed by atoms with van der Waals surface area (Å²) in [4.78, 5) is 0. The van der Waals surface area contributed by atoms with Crippen LogP contribution in [0.3, 0.4) is 0 Å². The number of rotatable bonds is 15. The normalized spacial score (nSPS) is 11.7. The van der Waals surface area contributed by atoms with Crippen LogP contribution in [0.2, 0.25) is 0 Å². The average molecular weight is 467 g/mol. The van der Waals surface area contributed by atoms with Crippen molar-refractivity contribution in [3.63, 3.8) is 0 Å². The summed E-state index contributed by atoms with van der Waals surface area (Å²) in [6.07, 6.45) is 0.644. The Morgan fingerprint density at radius 3 is 2.00 bits per heavy atom. The first-order valence-corrected chi connectivity index (χ1v) is 11.4. The number of methoxy groups -OCH3 is 3. The molecule has 0 N–H and O–H groups in total. The van der Waals surface area contributed by atoms with E-state index in [-0.39, 0.29) is 6.10 Å². The van der Waals surface area contributed by atoms with Gasteiger partial charge in [0.25, 0.3) is 0 Å². The van der Waals surface area contributed by atoms with Crippen molar-refractivity contribution in [2.45, 2.75) is 32.3 Å². The molecule has 0 aliphatic heterocycles. The molecule has 0 heterocycles. The van der Waals surface area contributed by atoms with Crippen LogP contribution in [0, 0.1) is 0 Å². The molecular weight excluding hydrogens is 432 g/mol. The van der Waals surface area contributed by atoms with E-state index in [0.29, 0.717) is 44.5 Å². The molecule has 6 nitrogen and oxygen atoms in total. The van der Waals surface area contributed by atoms with E-state index in [4.69, 9.17) is 28.4 Å². The molecule has 0 bridgehead atoms. The number of hydrogen-bond acceptors (Lipinski definition) is 6. The maximum absolute atomic E-state index is 6.16. The fraction of sp³-hybridized carbons (Fsp3) is 0.357. The van der Waals surface area contributed by atoms with Gasteiger partial charge < -0.3 is 28.4 Å². The molecule has 0 aliphatic rings. The monoisotopic (exact) mass is 466 g/mol. The van der Waals surface area contributed by atoms with Crippen molar-refractivity contribution in [2.75, 3.05) is 34.5 Å². The van der Waals surface area contributed by atoms with Crippen LogP contribution in [-0.2, 0) is 34.0 Å². The van der Waals surface area contributed by atoms with Crippen LogP contribution >= 0.6 is 0 Å². The lowest BCUT2D eigenvalue weighted by molar-refractivity contribution is -0.0459. The van der Waals surface area contributed by atoms with Gasteiger partial charge in [0.15, 0.2) is 11.5 Å². The van der Waals surface area contributed by atoms with Gasteiger partial charge in [-0.05, 0) is 47.4 Å². The van der Waals surface area contributed by atoms with Crippen molar-refractivity contribution in [2.24, 2.45) is 0 Å². The van der Waals surface area contributed by atoms with Crippen LogP contribution in [0.4, 0.5) is 0 Å². The van der Waals surface area contributed by atoms with Gasteiger partial charge in [0, 0.05) is 6.61 Å². The van der Waals surface area contributed by atoms with Crippen LogP contribution in [0.15, 0.2) is 72.8 Å². The fourth-order valence-electron chi connectivity index (χ4n) is 3.41. The minimum absolute atomic E-state index is 0.0868. The van der Waals surface area contributed by atoms with Gasteiger partial charge in [-0.15, -0.1) is 0 Å². The van der Waals surface area contributed by atoms with Crippen LogP contribution in [0.1, 0.15) is 23.1 Å². The third-order valence-electron chi connectivity index (χ3n) is 5.36. The molecule has 34 heavy (non-hydrogen) atoms. The molecule has 3 aromatic rings. The topological polar surface area (TPSA) is 55.4 Å². The first-order chi connectivity index (χ1) is 16.7. The van der Waals surface area contributed by atoms with E-state index in [1.54, 1.807) is 21.3 Å². The zero-order valence-corrected chi connectivity index (χ0v) is 20.2. The molecule has 0 fully saturated rings. The molecule has 0 unspecified atom stereocenters. The molecule has 0 spiro atoms. The Balaban J connectivity index is 1.49. The molecule has 0 saturated carbocycles. The molecule has 0 aliphatic carbocycles. The molecule has 3 rings (SSSR count). The maximum Gasteiger partial charge on any atom is 0.161 e. The van der Waals surface area contributed by atoms with Crippen molar-refractivity contribution < 1.29 is 28.4 Å². The Labute approximate surface area is 202 Å². The highest BCUT2D eigenvalue weighted by atomic mass is 16.5. The van der Waals surface area contributed by atoms with E-state index in [1.165, 1.54) is 0 Å². The van der Waals surface area contributed by atoms with Crippen molar-refractivity contribution in [1.29, 1.82) is 0 Å². The number of ether oxygens (including phenoxy) is 6. The molecule has 6 heteroatoms. The lowest BCUT2D eigenvalue weighted by Crippen LogP contribution is -2.22. The van der Waals surface area contributed by atoms with Gasteiger partial charge in [-0.1, -0.05) is 48.5 Å². The van der Waals surface area contributed by atoms with Gasteiger partial charge in [-0.3, -0.25) is 0 Å². The Morgan fingerprint density at radius 2 is 1.29 bits per heavy atom. The quantitative estimate of drug-likeness (QED) is 0.279. The summed E-state index contributed by atoms with van der Waals surface area (Å²) >= 11 is 0. The Bertz CT molecular complexity index is 958. The highest BCUT2D eigenvalue weighted by molar-refractivity contribution is 5.42. The number of benzene rings is 3. The van der Waals surface area contributed by atoms with Gasteiger partial charge in [0.1, 0.15) is 5.75 Å². The summed E-state index contributed by atoms with van der Waals surface area (Å²) in [5, 5.41) is 0. The van der Waals surface area contributed by atoms with Gasteiger partial charge in [-0.2, -0.15) is 0 Å². The van der Waals surface area contributed by atoms with Crippen molar-refractivity contribution in [3.05, 3.63) is 89.5 Å². The zero-order valence-electron chi connectivity index (χ0n) is 20.2. The average Bonchev–Trinajstić information content (AvgIpc) is 2.90. The van der Waals surface area contributed by atoms with Gasteiger partial charge >= 0.3 is 0 Å². The summed E-state index contributed by atoms with van der Waals surface area (Å²) in [6, 6.07) is 23.8.